The van der Waals surface area contributed by atoms with Gasteiger partial charge in [-0.15, -0.1) is 0 Å². The second kappa shape index (κ2) is 4.42. The molecule has 1 aliphatic rings. The van der Waals surface area contributed by atoms with Gasteiger partial charge in [-0.05, 0) is 18.2 Å². The minimum absolute atomic E-state index is 0.270. The second-order valence-electron chi connectivity index (χ2n) is 4.57. The summed E-state index contributed by atoms with van der Waals surface area (Å²) >= 11 is 0. The first-order valence-corrected chi connectivity index (χ1v) is 6.41. The fraction of sp³-hybridized carbons (Fsp3) is 0.0625. The minimum atomic E-state index is 0.270. The SMILES string of the molecule is c1ccc(-c2cc(-c3cccc4c3OCO4)[nH]n2)cc1. The second-order valence-corrected chi connectivity index (χ2v) is 4.57. The van der Waals surface area contributed by atoms with Gasteiger partial charge in [0, 0.05) is 11.1 Å². The number of H-pyrrole nitrogens is 1. The van der Waals surface area contributed by atoms with Gasteiger partial charge in [0.15, 0.2) is 11.5 Å². The number of fused-ring (bicyclic) bond motifs is 1. The highest BCUT2D eigenvalue weighted by atomic mass is 16.7. The van der Waals surface area contributed by atoms with E-state index in [2.05, 4.69) is 10.2 Å². The van der Waals surface area contributed by atoms with Crippen LogP contribution < -0.4 is 9.47 Å². The normalized spacial score (nSPS) is 12.6. The molecule has 4 nitrogen and oxygen atoms in total. The molecule has 2 aromatic carbocycles. The molecular formula is C16H12N2O2. The smallest absolute Gasteiger partial charge is 0.231 e. The van der Waals surface area contributed by atoms with E-state index in [-0.39, 0.29) is 6.79 Å². The van der Waals surface area contributed by atoms with Crippen molar-refractivity contribution < 1.29 is 9.47 Å². The Morgan fingerprint density at radius 1 is 0.950 bits per heavy atom. The number of aromatic amines is 1. The molecule has 1 aromatic heterocycles. The van der Waals surface area contributed by atoms with Gasteiger partial charge in [-0.3, -0.25) is 5.10 Å². The van der Waals surface area contributed by atoms with Crippen LogP contribution in [0.25, 0.3) is 22.5 Å². The molecular weight excluding hydrogens is 252 g/mol. The van der Waals surface area contributed by atoms with E-state index >= 15 is 0 Å². The van der Waals surface area contributed by atoms with Crippen LogP contribution in [0.3, 0.4) is 0 Å². The fourth-order valence-corrected chi connectivity index (χ4v) is 2.36. The van der Waals surface area contributed by atoms with Gasteiger partial charge in [0.1, 0.15) is 0 Å². The topological polar surface area (TPSA) is 47.1 Å². The highest BCUT2D eigenvalue weighted by Crippen LogP contribution is 2.41. The monoisotopic (exact) mass is 264 g/mol. The molecule has 0 radical (unpaired) electrons. The first kappa shape index (κ1) is 11.1. The minimum Gasteiger partial charge on any atom is -0.454 e. The summed E-state index contributed by atoms with van der Waals surface area (Å²) in [5.74, 6) is 1.55. The maximum absolute atomic E-state index is 5.53. The molecule has 0 aliphatic carbocycles. The van der Waals surface area contributed by atoms with Crippen LogP contribution >= 0.6 is 0 Å². The highest BCUT2D eigenvalue weighted by Gasteiger charge is 2.19. The molecule has 2 heterocycles. The third-order valence-corrected chi connectivity index (χ3v) is 3.33. The van der Waals surface area contributed by atoms with Crippen molar-refractivity contribution in [1.29, 1.82) is 0 Å². The van der Waals surface area contributed by atoms with Gasteiger partial charge in [0.2, 0.25) is 6.79 Å². The summed E-state index contributed by atoms with van der Waals surface area (Å²) in [6.07, 6.45) is 0. The molecule has 98 valence electrons. The van der Waals surface area contributed by atoms with Gasteiger partial charge in [-0.1, -0.05) is 36.4 Å². The number of aromatic nitrogens is 2. The standard InChI is InChI=1S/C16H12N2O2/c1-2-5-11(6-3-1)13-9-14(18-17-13)12-7-4-8-15-16(12)20-10-19-15/h1-9H,10H2,(H,17,18). The maximum Gasteiger partial charge on any atom is 0.231 e. The van der Waals surface area contributed by atoms with E-state index in [9.17, 15) is 0 Å². The highest BCUT2D eigenvalue weighted by molar-refractivity contribution is 5.75. The number of hydrogen-bond acceptors (Lipinski definition) is 3. The molecule has 0 saturated carbocycles. The fourth-order valence-electron chi connectivity index (χ4n) is 2.36. The quantitative estimate of drug-likeness (QED) is 0.771. The van der Waals surface area contributed by atoms with Gasteiger partial charge < -0.3 is 9.47 Å². The molecule has 0 unspecified atom stereocenters. The number of rotatable bonds is 2. The zero-order valence-corrected chi connectivity index (χ0v) is 10.7. The van der Waals surface area contributed by atoms with Crippen LogP contribution in [-0.2, 0) is 0 Å². The first-order chi connectivity index (χ1) is 9.92. The Balaban J connectivity index is 1.78. The molecule has 1 N–H and O–H groups in total. The van der Waals surface area contributed by atoms with Crippen LogP contribution in [0.5, 0.6) is 11.5 Å². The van der Waals surface area contributed by atoms with Gasteiger partial charge in [-0.25, -0.2) is 0 Å². The van der Waals surface area contributed by atoms with Crippen molar-refractivity contribution in [2.24, 2.45) is 0 Å². The van der Waals surface area contributed by atoms with Crippen LogP contribution in [0.15, 0.2) is 54.6 Å². The van der Waals surface area contributed by atoms with Gasteiger partial charge in [-0.2, -0.15) is 5.10 Å². The summed E-state index contributed by atoms with van der Waals surface area (Å²) in [5, 5.41) is 7.43. The number of ether oxygens (including phenoxy) is 2. The third kappa shape index (κ3) is 1.73. The largest absolute Gasteiger partial charge is 0.454 e. The lowest BCUT2D eigenvalue weighted by molar-refractivity contribution is 0.174. The average Bonchev–Trinajstić information content (AvgIpc) is 3.17. The Hall–Kier alpha value is -2.75. The Labute approximate surface area is 116 Å². The van der Waals surface area contributed by atoms with Crippen LogP contribution in [0.1, 0.15) is 0 Å². The third-order valence-electron chi connectivity index (χ3n) is 3.33. The van der Waals surface area contributed by atoms with E-state index in [1.807, 2.05) is 54.6 Å². The summed E-state index contributed by atoms with van der Waals surface area (Å²) in [7, 11) is 0. The number of nitrogens with one attached hydrogen (secondary N) is 1. The lowest BCUT2D eigenvalue weighted by atomic mass is 10.1. The maximum atomic E-state index is 5.53. The van der Waals surface area contributed by atoms with E-state index in [1.54, 1.807) is 0 Å². The molecule has 0 amide bonds. The number of para-hydroxylation sites is 1. The van der Waals surface area contributed by atoms with E-state index in [4.69, 9.17) is 9.47 Å². The molecule has 0 atom stereocenters. The predicted molar refractivity (Wildman–Crippen MR) is 75.6 cm³/mol. The van der Waals surface area contributed by atoms with E-state index in [0.717, 1.165) is 34.0 Å². The van der Waals surface area contributed by atoms with Gasteiger partial charge in [0.25, 0.3) is 0 Å². The van der Waals surface area contributed by atoms with Crippen molar-refractivity contribution >= 4 is 0 Å². The summed E-state index contributed by atoms with van der Waals surface area (Å²) in [4.78, 5) is 0. The van der Waals surface area contributed by atoms with E-state index < -0.39 is 0 Å². The lowest BCUT2D eigenvalue weighted by Crippen LogP contribution is -1.93. The van der Waals surface area contributed by atoms with Crippen molar-refractivity contribution in [2.75, 3.05) is 6.79 Å². The number of benzene rings is 2. The van der Waals surface area contributed by atoms with Crippen LogP contribution in [-0.4, -0.2) is 17.0 Å². The molecule has 20 heavy (non-hydrogen) atoms. The molecule has 4 heteroatoms. The summed E-state index contributed by atoms with van der Waals surface area (Å²) in [6, 6.07) is 17.9. The van der Waals surface area contributed by atoms with Crippen LogP contribution in [0, 0.1) is 0 Å². The zero-order chi connectivity index (χ0) is 13.4. The van der Waals surface area contributed by atoms with Crippen molar-refractivity contribution in [2.45, 2.75) is 0 Å². The Morgan fingerprint density at radius 2 is 1.85 bits per heavy atom. The Bertz CT molecular complexity index is 750. The number of hydrogen-bond donors (Lipinski definition) is 1. The molecule has 0 saturated heterocycles. The Kier molecular flexibility index (Phi) is 2.45. The van der Waals surface area contributed by atoms with E-state index in [1.165, 1.54) is 0 Å². The van der Waals surface area contributed by atoms with Gasteiger partial charge >= 0.3 is 0 Å². The lowest BCUT2D eigenvalue weighted by Gasteiger charge is -2.02. The molecule has 1 aliphatic heterocycles. The van der Waals surface area contributed by atoms with Crippen LogP contribution in [0.2, 0.25) is 0 Å². The zero-order valence-electron chi connectivity index (χ0n) is 10.7. The molecule has 0 fully saturated rings. The average molecular weight is 264 g/mol. The first-order valence-electron chi connectivity index (χ1n) is 6.41. The van der Waals surface area contributed by atoms with Crippen LogP contribution in [0.4, 0.5) is 0 Å². The molecule has 0 bridgehead atoms. The van der Waals surface area contributed by atoms with Crippen molar-refractivity contribution in [1.82, 2.24) is 10.2 Å². The number of nitrogens with zero attached hydrogens (tertiary/aromatic N) is 1. The summed E-state index contributed by atoms with van der Waals surface area (Å²) in [6.45, 7) is 0.270. The van der Waals surface area contributed by atoms with E-state index in [0.29, 0.717) is 0 Å². The molecule has 4 rings (SSSR count). The van der Waals surface area contributed by atoms with Crippen molar-refractivity contribution in [3.63, 3.8) is 0 Å². The predicted octanol–water partition coefficient (Wildman–Crippen LogP) is 3.47. The summed E-state index contributed by atoms with van der Waals surface area (Å²) in [5.41, 5.74) is 3.89. The molecule has 3 aromatic rings. The summed E-state index contributed by atoms with van der Waals surface area (Å²) < 4.78 is 10.9. The van der Waals surface area contributed by atoms with Crippen molar-refractivity contribution in [3.8, 4) is 34.0 Å². The Morgan fingerprint density at radius 3 is 2.75 bits per heavy atom. The van der Waals surface area contributed by atoms with Crippen molar-refractivity contribution in [3.05, 3.63) is 54.6 Å². The molecule has 0 spiro atoms. The van der Waals surface area contributed by atoms with Gasteiger partial charge in [0.05, 0.1) is 11.4 Å².